The highest BCUT2D eigenvalue weighted by molar-refractivity contribution is 6.30. The molecular weight excluding hydrogens is 298 g/mol. The van der Waals surface area contributed by atoms with Crippen LogP contribution in [-0.2, 0) is 6.54 Å². The summed E-state index contributed by atoms with van der Waals surface area (Å²) in [4.78, 5) is 0. The van der Waals surface area contributed by atoms with Gasteiger partial charge in [0, 0.05) is 16.3 Å². The van der Waals surface area contributed by atoms with Gasteiger partial charge in [0.05, 0.1) is 6.54 Å². The van der Waals surface area contributed by atoms with Gasteiger partial charge in [0.1, 0.15) is 0 Å². The topological polar surface area (TPSA) is 51.0 Å². The standard InChI is InChI=1S/C17H16ClN3O/c1-11-5-3-4-6-14(11)17-21-20-16(22-17)10-19-15-8-7-13(18)9-12(15)2/h3-9,19H,10H2,1-2H3. The maximum Gasteiger partial charge on any atom is 0.248 e. The number of benzene rings is 2. The molecule has 0 radical (unpaired) electrons. The van der Waals surface area contributed by atoms with Gasteiger partial charge >= 0.3 is 0 Å². The Morgan fingerprint density at radius 2 is 1.86 bits per heavy atom. The Bertz CT molecular complexity index is 798. The summed E-state index contributed by atoms with van der Waals surface area (Å²) in [6.45, 7) is 4.50. The van der Waals surface area contributed by atoms with Crippen molar-refractivity contribution >= 4 is 17.3 Å². The first-order chi connectivity index (χ1) is 10.6. The molecule has 0 bridgehead atoms. The van der Waals surface area contributed by atoms with Crippen LogP contribution in [0.1, 0.15) is 17.0 Å². The molecule has 112 valence electrons. The zero-order valence-corrected chi connectivity index (χ0v) is 13.2. The number of nitrogens with one attached hydrogen (secondary N) is 1. The molecule has 0 aliphatic rings. The molecule has 0 aliphatic heterocycles. The van der Waals surface area contributed by atoms with Crippen LogP contribution >= 0.6 is 11.6 Å². The van der Waals surface area contributed by atoms with E-state index < -0.39 is 0 Å². The predicted molar refractivity (Wildman–Crippen MR) is 88.0 cm³/mol. The van der Waals surface area contributed by atoms with Crippen molar-refractivity contribution in [2.75, 3.05) is 5.32 Å². The summed E-state index contributed by atoms with van der Waals surface area (Å²) in [6, 6.07) is 13.6. The molecule has 0 unspecified atom stereocenters. The molecule has 0 saturated heterocycles. The van der Waals surface area contributed by atoms with Crippen molar-refractivity contribution < 1.29 is 4.42 Å². The zero-order valence-electron chi connectivity index (χ0n) is 12.4. The van der Waals surface area contributed by atoms with Crippen molar-refractivity contribution in [2.24, 2.45) is 0 Å². The molecule has 1 aromatic heterocycles. The highest BCUT2D eigenvalue weighted by atomic mass is 35.5. The Morgan fingerprint density at radius 3 is 2.64 bits per heavy atom. The third-order valence-corrected chi connectivity index (χ3v) is 3.70. The van der Waals surface area contributed by atoms with Gasteiger partial charge in [0.2, 0.25) is 11.8 Å². The molecule has 0 aliphatic carbocycles. The minimum absolute atomic E-state index is 0.474. The SMILES string of the molecule is Cc1cc(Cl)ccc1NCc1nnc(-c2ccccc2C)o1. The lowest BCUT2D eigenvalue weighted by Gasteiger charge is -2.07. The van der Waals surface area contributed by atoms with Gasteiger partial charge in [-0.2, -0.15) is 0 Å². The molecule has 0 saturated carbocycles. The van der Waals surface area contributed by atoms with Gasteiger partial charge in [-0.15, -0.1) is 10.2 Å². The van der Waals surface area contributed by atoms with E-state index in [0.717, 1.165) is 27.4 Å². The first kappa shape index (κ1) is 14.6. The second kappa shape index (κ2) is 6.20. The van der Waals surface area contributed by atoms with E-state index in [4.69, 9.17) is 16.0 Å². The quantitative estimate of drug-likeness (QED) is 0.763. The number of hydrogen-bond acceptors (Lipinski definition) is 4. The van der Waals surface area contributed by atoms with Crippen molar-refractivity contribution in [3.63, 3.8) is 0 Å². The van der Waals surface area contributed by atoms with Crippen LogP contribution in [0.5, 0.6) is 0 Å². The summed E-state index contributed by atoms with van der Waals surface area (Å²) >= 11 is 5.95. The van der Waals surface area contributed by atoms with Gasteiger partial charge in [-0.05, 0) is 49.2 Å². The molecule has 5 heteroatoms. The number of aryl methyl sites for hydroxylation is 2. The summed E-state index contributed by atoms with van der Waals surface area (Å²) < 4.78 is 5.73. The smallest absolute Gasteiger partial charge is 0.248 e. The van der Waals surface area contributed by atoms with Gasteiger partial charge in [-0.3, -0.25) is 0 Å². The fourth-order valence-electron chi connectivity index (χ4n) is 2.24. The van der Waals surface area contributed by atoms with Crippen molar-refractivity contribution in [1.29, 1.82) is 0 Å². The minimum atomic E-state index is 0.474. The van der Waals surface area contributed by atoms with Crippen LogP contribution in [0.15, 0.2) is 46.9 Å². The second-order valence-electron chi connectivity index (χ2n) is 5.13. The molecule has 22 heavy (non-hydrogen) atoms. The number of hydrogen-bond donors (Lipinski definition) is 1. The van der Waals surface area contributed by atoms with E-state index in [1.807, 2.05) is 56.3 Å². The van der Waals surface area contributed by atoms with E-state index in [9.17, 15) is 0 Å². The lowest BCUT2D eigenvalue weighted by atomic mass is 10.1. The summed E-state index contributed by atoms with van der Waals surface area (Å²) in [6.07, 6.45) is 0. The molecule has 1 N–H and O–H groups in total. The average molecular weight is 314 g/mol. The van der Waals surface area contributed by atoms with E-state index in [1.165, 1.54) is 0 Å². The molecule has 3 rings (SSSR count). The summed E-state index contributed by atoms with van der Waals surface area (Å²) in [5.41, 5.74) is 4.15. The summed E-state index contributed by atoms with van der Waals surface area (Å²) in [5, 5.41) is 12.2. The molecule has 0 spiro atoms. The van der Waals surface area contributed by atoms with Gasteiger partial charge in [0.25, 0.3) is 0 Å². The van der Waals surface area contributed by atoms with Crippen LogP contribution in [0.25, 0.3) is 11.5 Å². The fourth-order valence-corrected chi connectivity index (χ4v) is 2.47. The van der Waals surface area contributed by atoms with Crippen LogP contribution < -0.4 is 5.32 Å². The first-order valence-electron chi connectivity index (χ1n) is 7.02. The number of nitrogens with zero attached hydrogens (tertiary/aromatic N) is 2. The Hall–Kier alpha value is -2.33. The molecule has 4 nitrogen and oxygen atoms in total. The van der Waals surface area contributed by atoms with E-state index >= 15 is 0 Å². The van der Waals surface area contributed by atoms with Crippen LogP contribution in [0.4, 0.5) is 5.69 Å². The second-order valence-corrected chi connectivity index (χ2v) is 5.57. The van der Waals surface area contributed by atoms with Crippen molar-refractivity contribution in [3.05, 3.63) is 64.5 Å². The Kier molecular flexibility index (Phi) is 4.11. The lowest BCUT2D eigenvalue weighted by molar-refractivity contribution is 0.514. The average Bonchev–Trinajstić information content (AvgIpc) is 2.95. The molecule has 3 aromatic rings. The van der Waals surface area contributed by atoms with Crippen LogP contribution in [0, 0.1) is 13.8 Å². The van der Waals surface area contributed by atoms with Crippen LogP contribution in [0.2, 0.25) is 5.02 Å². The summed E-state index contributed by atoms with van der Waals surface area (Å²) in [7, 11) is 0. The maximum atomic E-state index is 5.95. The third kappa shape index (κ3) is 3.12. The van der Waals surface area contributed by atoms with Gasteiger partial charge in [0.15, 0.2) is 0 Å². The van der Waals surface area contributed by atoms with E-state index in [-0.39, 0.29) is 0 Å². The Labute approximate surface area is 134 Å². The Balaban J connectivity index is 1.74. The van der Waals surface area contributed by atoms with Crippen molar-refractivity contribution in [2.45, 2.75) is 20.4 Å². The van der Waals surface area contributed by atoms with Crippen molar-refractivity contribution in [1.82, 2.24) is 10.2 Å². The van der Waals surface area contributed by atoms with E-state index in [0.29, 0.717) is 18.3 Å². The third-order valence-electron chi connectivity index (χ3n) is 3.46. The number of anilines is 1. The number of rotatable bonds is 4. The highest BCUT2D eigenvalue weighted by Crippen LogP contribution is 2.23. The Morgan fingerprint density at radius 1 is 1.05 bits per heavy atom. The van der Waals surface area contributed by atoms with Gasteiger partial charge in [-0.25, -0.2) is 0 Å². The minimum Gasteiger partial charge on any atom is -0.419 e. The van der Waals surface area contributed by atoms with Crippen molar-refractivity contribution in [3.8, 4) is 11.5 Å². The fraction of sp³-hybridized carbons (Fsp3) is 0.176. The number of aromatic nitrogens is 2. The normalized spacial score (nSPS) is 10.7. The van der Waals surface area contributed by atoms with E-state index in [2.05, 4.69) is 15.5 Å². The monoisotopic (exact) mass is 313 g/mol. The van der Waals surface area contributed by atoms with E-state index in [1.54, 1.807) is 0 Å². The first-order valence-corrected chi connectivity index (χ1v) is 7.39. The largest absolute Gasteiger partial charge is 0.419 e. The molecule has 2 aromatic carbocycles. The lowest BCUT2D eigenvalue weighted by Crippen LogP contribution is -2.01. The molecule has 0 fully saturated rings. The molecule has 0 atom stereocenters. The maximum absolute atomic E-state index is 5.95. The van der Waals surface area contributed by atoms with Gasteiger partial charge in [-0.1, -0.05) is 29.8 Å². The van der Waals surface area contributed by atoms with Crippen LogP contribution in [0.3, 0.4) is 0 Å². The van der Waals surface area contributed by atoms with Gasteiger partial charge < -0.3 is 9.73 Å². The molecular formula is C17H16ClN3O. The summed E-state index contributed by atoms with van der Waals surface area (Å²) in [5.74, 6) is 1.09. The molecule has 1 heterocycles. The van der Waals surface area contributed by atoms with Crippen LogP contribution in [-0.4, -0.2) is 10.2 Å². The zero-order chi connectivity index (χ0) is 15.5. The number of halogens is 1. The predicted octanol–water partition coefficient (Wildman–Crippen LogP) is 4.62. The molecule has 0 amide bonds. The highest BCUT2D eigenvalue weighted by Gasteiger charge is 2.10.